The molecule has 2 rings (SSSR count). The van der Waals surface area contributed by atoms with Crippen molar-refractivity contribution in [3.05, 3.63) is 0 Å². The van der Waals surface area contributed by atoms with Crippen LogP contribution in [0.4, 0.5) is 0 Å². The highest BCUT2D eigenvalue weighted by atomic mass is 16.2. The molecule has 0 aromatic rings. The van der Waals surface area contributed by atoms with Crippen molar-refractivity contribution in [2.75, 3.05) is 6.54 Å². The summed E-state index contributed by atoms with van der Waals surface area (Å²) in [5.41, 5.74) is -0.325. The summed E-state index contributed by atoms with van der Waals surface area (Å²) in [5, 5.41) is 11.8. The number of hydrogen-bond acceptors (Lipinski definition) is 2. The van der Waals surface area contributed by atoms with E-state index in [9.17, 15) is 4.79 Å². The molecule has 0 aliphatic heterocycles. The van der Waals surface area contributed by atoms with Crippen LogP contribution in [0.3, 0.4) is 0 Å². The van der Waals surface area contributed by atoms with Gasteiger partial charge in [-0.3, -0.25) is 4.79 Å². The Morgan fingerprint density at radius 2 is 2.00 bits per heavy atom. The van der Waals surface area contributed by atoms with E-state index in [1.165, 1.54) is 12.8 Å². The summed E-state index contributed by atoms with van der Waals surface area (Å²) in [6, 6.07) is 2.13. The zero-order valence-electron chi connectivity index (χ0n) is 9.47. The van der Waals surface area contributed by atoms with Gasteiger partial charge in [0.1, 0.15) is 5.41 Å². The standard InChI is InChI=1S/C12H18N2O/c1-9(2)12(5-6-12)8-14-10(15)11(7-13)3-4-11/h9H,3-6,8H2,1-2H3,(H,14,15). The molecule has 0 heterocycles. The van der Waals surface area contributed by atoms with E-state index < -0.39 is 5.41 Å². The maximum atomic E-state index is 11.7. The molecule has 0 bridgehead atoms. The quantitative estimate of drug-likeness (QED) is 0.763. The highest BCUT2D eigenvalue weighted by Crippen LogP contribution is 2.52. The van der Waals surface area contributed by atoms with Crippen LogP contribution >= 0.6 is 0 Å². The van der Waals surface area contributed by atoms with Crippen LogP contribution in [-0.4, -0.2) is 12.5 Å². The first kappa shape index (κ1) is 10.5. The lowest BCUT2D eigenvalue weighted by atomic mass is 9.92. The minimum absolute atomic E-state index is 0.0445. The Bertz CT molecular complexity index is 319. The van der Waals surface area contributed by atoms with Crippen molar-refractivity contribution in [3.8, 4) is 6.07 Å². The lowest BCUT2D eigenvalue weighted by molar-refractivity contribution is -0.124. The van der Waals surface area contributed by atoms with E-state index in [2.05, 4.69) is 25.2 Å². The Kier molecular flexibility index (Phi) is 2.26. The summed E-state index contributed by atoms with van der Waals surface area (Å²) < 4.78 is 0. The molecule has 2 saturated carbocycles. The lowest BCUT2D eigenvalue weighted by Crippen LogP contribution is -2.37. The Labute approximate surface area is 90.8 Å². The van der Waals surface area contributed by atoms with Crippen molar-refractivity contribution in [1.82, 2.24) is 5.32 Å². The zero-order valence-corrected chi connectivity index (χ0v) is 9.47. The molecule has 0 atom stereocenters. The lowest BCUT2D eigenvalue weighted by Gasteiger charge is -2.20. The third kappa shape index (κ3) is 1.73. The number of nitrogens with one attached hydrogen (secondary N) is 1. The first-order valence-corrected chi connectivity index (χ1v) is 5.74. The number of hydrogen-bond donors (Lipinski definition) is 1. The van der Waals surface area contributed by atoms with E-state index in [-0.39, 0.29) is 5.91 Å². The highest BCUT2D eigenvalue weighted by Gasteiger charge is 2.52. The van der Waals surface area contributed by atoms with Crippen LogP contribution in [-0.2, 0) is 4.79 Å². The molecule has 2 aliphatic carbocycles. The van der Waals surface area contributed by atoms with Gasteiger partial charge in [0, 0.05) is 6.54 Å². The van der Waals surface area contributed by atoms with Crippen LogP contribution < -0.4 is 5.32 Å². The SMILES string of the molecule is CC(C)C1(CNC(=O)C2(C#N)CC2)CC1. The number of carbonyl (C=O) groups excluding carboxylic acids is 1. The third-order valence-electron chi connectivity index (χ3n) is 4.12. The molecule has 1 amide bonds. The van der Waals surface area contributed by atoms with Crippen molar-refractivity contribution < 1.29 is 4.79 Å². The molecule has 3 nitrogen and oxygen atoms in total. The number of nitriles is 1. The molecule has 0 aromatic heterocycles. The molecule has 0 saturated heterocycles. The molecule has 82 valence electrons. The van der Waals surface area contributed by atoms with Crippen LogP contribution in [0, 0.1) is 28.1 Å². The Balaban J connectivity index is 1.85. The number of rotatable bonds is 4. The number of nitrogens with zero attached hydrogens (tertiary/aromatic N) is 1. The second-order valence-corrected chi connectivity index (χ2v) is 5.39. The van der Waals surface area contributed by atoms with Crippen LogP contribution in [0.15, 0.2) is 0 Å². The second-order valence-electron chi connectivity index (χ2n) is 5.39. The fraction of sp³-hybridized carbons (Fsp3) is 0.833. The van der Waals surface area contributed by atoms with Gasteiger partial charge in [-0.1, -0.05) is 13.8 Å². The molecule has 2 aliphatic rings. The summed E-state index contributed by atoms with van der Waals surface area (Å²) in [4.78, 5) is 11.7. The van der Waals surface area contributed by atoms with Gasteiger partial charge in [0.15, 0.2) is 0 Å². The van der Waals surface area contributed by atoms with Gasteiger partial charge in [-0.05, 0) is 37.0 Å². The van der Waals surface area contributed by atoms with Gasteiger partial charge < -0.3 is 5.32 Å². The Morgan fingerprint density at radius 1 is 1.40 bits per heavy atom. The number of amides is 1. The minimum atomic E-state index is -0.660. The molecular formula is C12H18N2O. The topological polar surface area (TPSA) is 52.9 Å². The van der Waals surface area contributed by atoms with E-state index in [0.717, 1.165) is 19.4 Å². The highest BCUT2D eigenvalue weighted by molar-refractivity contribution is 5.88. The molecule has 0 radical (unpaired) electrons. The Morgan fingerprint density at radius 3 is 2.33 bits per heavy atom. The van der Waals surface area contributed by atoms with Crippen LogP contribution in [0.5, 0.6) is 0 Å². The van der Waals surface area contributed by atoms with Crippen molar-refractivity contribution in [3.63, 3.8) is 0 Å². The van der Waals surface area contributed by atoms with Crippen molar-refractivity contribution in [1.29, 1.82) is 5.26 Å². The summed E-state index contributed by atoms with van der Waals surface area (Å²) >= 11 is 0. The average Bonchev–Trinajstić information content (AvgIpc) is 3.09. The number of carbonyl (C=O) groups is 1. The maximum absolute atomic E-state index is 11.7. The molecule has 2 fully saturated rings. The minimum Gasteiger partial charge on any atom is -0.354 e. The molecule has 0 unspecified atom stereocenters. The molecule has 0 aromatic carbocycles. The van der Waals surface area contributed by atoms with Gasteiger partial charge in [-0.15, -0.1) is 0 Å². The fourth-order valence-corrected chi connectivity index (χ4v) is 2.06. The van der Waals surface area contributed by atoms with E-state index in [4.69, 9.17) is 5.26 Å². The zero-order chi connectivity index (χ0) is 11.1. The average molecular weight is 206 g/mol. The summed E-state index contributed by atoms with van der Waals surface area (Å²) in [6.07, 6.45) is 3.91. The first-order chi connectivity index (χ1) is 7.05. The monoisotopic (exact) mass is 206 g/mol. The molecule has 1 N–H and O–H groups in total. The van der Waals surface area contributed by atoms with E-state index in [1.54, 1.807) is 0 Å². The molecular weight excluding hydrogens is 188 g/mol. The Hall–Kier alpha value is -1.04. The van der Waals surface area contributed by atoms with Crippen molar-refractivity contribution in [2.24, 2.45) is 16.7 Å². The summed E-state index contributed by atoms with van der Waals surface area (Å²) in [6.45, 7) is 5.17. The van der Waals surface area contributed by atoms with Crippen molar-refractivity contribution >= 4 is 5.91 Å². The van der Waals surface area contributed by atoms with Gasteiger partial charge in [0.2, 0.25) is 5.91 Å². The molecule has 15 heavy (non-hydrogen) atoms. The largest absolute Gasteiger partial charge is 0.354 e. The second kappa shape index (κ2) is 3.23. The van der Waals surface area contributed by atoms with E-state index in [0.29, 0.717) is 11.3 Å². The van der Waals surface area contributed by atoms with Gasteiger partial charge in [0.25, 0.3) is 0 Å². The van der Waals surface area contributed by atoms with Gasteiger partial charge in [-0.2, -0.15) is 5.26 Å². The predicted octanol–water partition coefficient (Wildman–Crippen LogP) is 1.84. The summed E-state index contributed by atoms with van der Waals surface area (Å²) in [5.74, 6) is 0.576. The normalized spacial score (nSPS) is 24.4. The van der Waals surface area contributed by atoms with Gasteiger partial charge >= 0.3 is 0 Å². The fourth-order valence-electron chi connectivity index (χ4n) is 2.06. The van der Waals surface area contributed by atoms with Gasteiger partial charge in [-0.25, -0.2) is 0 Å². The first-order valence-electron chi connectivity index (χ1n) is 5.74. The predicted molar refractivity (Wildman–Crippen MR) is 56.8 cm³/mol. The van der Waals surface area contributed by atoms with Crippen LogP contribution in [0.25, 0.3) is 0 Å². The third-order valence-corrected chi connectivity index (χ3v) is 4.12. The van der Waals surface area contributed by atoms with Crippen LogP contribution in [0.1, 0.15) is 39.5 Å². The van der Waals surface area contributed by atoms with Crippen molar-refractivity contribution in [2.45, 2.75) is 39.5 Å². The van der Waals surface area contributed by atoms with E-state index >= 15 is 0 Å². The van der Waals surface area contributed by atoms with Crippen LogP contribution in [0.2, 0.25) is 0 Å². The summed E-state index contributed by atoms with van der Waals surface area (Å²) in [7, 11) is 0. The van der Waals surface area contributed by atoms with Gasteiger partial charge in [0.05, 0.1) is 6.07 Å². The smallest absolute Gasteiger partial charge is 0.240 e. The molecule has 3 heteroatoms. The maximum Gasteiger partial charge on any atom is 0.240 e. The molecule has 0 spiro atoms. The van der Waals surface area contributed by atoms with E-state index in [1.807, 2.05) is 0 Å².